The summed E-state index contributed by atoms with van der Waals surface area (Å²) in [6, 6.07) is 0. The molecule has 1 aromatic rings. The van der Waals surface area contributed by atoms with Gasteiger partial charge < -0.3 is 52.5 Å². The van der Waals surface area contributed by atoms with Crippen LogP contribution in [0.4, 0.5) is 31.5 Å². The van der Waals surface area contributed by atoms with E-state index in [-0.39, 0.29) is 26.4 Å². The van der Waals surface area contributed by atoms with E-state index in [2.05, 4.69) is 28.4 Å². The molecule has 0 aliphatic carbocycles. The van der Waals surface area contributed by atoms with Crippen molar-refractivity contribution < 1.29 is 93.6 Å². The number of rotatable bonds is 14. The van der Waals surface area contributed by atoms with Crippen molar-refractivity contribution in [2.24, 2.45) is 10.8 Å². The molecule has 0 aromatic heterocycles. The zero-order chi connectivity index (χ0) is 36.3. The first kappa shape index (κ1) is 42.2. The molecular weight excluding hydrogens is 671 g/mol. The van der Waals surface area contributed by atoms with Crippen LogP contribution in [-0.2, 0) is 52.2 Å². The summed E-state index contributed by atoms with van der Waals surface area (Å²) in [6.45, 7) is 4.68. The van der Waals surface area contributed by atoms with Crippen molar-refractivity contribution in [2.45, 2.75) is 13.8 Å². The molecule has 1 N–H and O–H groups in total. The van der Waals surface area contributed by atoms with Gasteiger partial charge in [-0.2, -0.15) is 8.78 Å². The molecule has 2 aliphatic heterocycles. The average molecular weight is 709 g/mol. The third-order valence-corrected chi connectivity index (χ3v) is 5.94. The second kappa shape index (κ2) is 21.2. The van der Waals surface area contributed by atoms with Gasteiger partial charge in [0.2, 0.25) is 34.8 Å². The molecule has 2 fully saturated rings. The van der Waals surface area contributed by atoms with Gasteiger partial charge in [0.05, 0.1) is 46.2 Å². The molecule has 0 bridgehead atoms. The molecule has 0 saturated carbocycles. The number of hydrogen-bond acceptors (Lipinski definition) is 15. The number of cyclic esters (lactones) is 4. The predicted molar refractivity (Wildman–Crippen MR) is 146 cm³/mol. The highest BCUT2D eigenvalue weighted by Gasteiger charge is 2.44. The van der Waals surface area contributed by atoms with Crippen LogP contribution in [-0.4, -0.2) is 123 Å². The molecule has 2 heterocycles. The molecule has 2 saturated heterocycles. The van der Waals surface area contributed by atoms with Gasteiger partial charge in [0.1, 0.15) is 43.9 Å². The number of methoxy groups -OCH3 is 2. The summed E-state index contributed by atoms with van der Waals surface area (Å²) >= 11 is 0. The van der Waals surface area contributed by atoms with Crippen LogP contribution in [0.15, 0.2) is 0 Å². The van der Waals surface area contributed by atoms with Crippen molar-refractivity contribution in [1.82, 2.24) is 0 Å². The Kier molecular flexibility index (Phi) is 18.6. The van der Waals surface area contributed by atoms with Crippen molar-refractivity contribution in [3.05, 3.63) is 29.1 Å². The van der Waals surface area contributed by atoms with Gasteiger partial charge in [-0.3, -0.25) is 9.59 Å². The first-order chi connectivity index (χ1) is 22.7. The minimum atomic E-state index is -2.38. The van der Waals surface area contributed by atoms with Crippen LogP contribution < -0.4 is 4.74 Å². The van der Waals surface area contributed by atoms with Crippen LogP contribution in [0.5, 0.6) is 5.75 Å². The first-order valence-corrected chi connectivity index (χ1v) is 13.9. The topological polar surface area (TPSA) is 181 Å². The molecule has 274 valence electrons. The number of aliphatic hydroxyl groups excluding tert-OH is 1. The summed E-state index contributed by atoms with van der Waals surface area (Å²) in [7, 11) is 3.19. The van der Waals surface area contributed by atoms with Gasteiger partial charge >= 0.3 is 24.2 Å². The van der Waals surface area contributed by atoms with Crippen LogP contribution in [0.2, 0.25) is 0 Å². The fourth-order valence-corrected chi connectivity index (χ4v) is 3.09. The van der Waals surface area contributed by atoms with Crippen LogP contribution in [0.1, 0.15) is 13.8 Å². The van der Waals surface area contributed by atoms with Crippen molar-refractivity contribution >= 4 is 24.2 Å². The summed E-state index contributed by atoms with van der Waals surface area (Å²) < 4.78 is 113. The quantitative estimate of drug-likeness (QED) is 0.0566. The highest BCUT2D eigenvalue weighted by molar-refractivity contribution is 5.80. The van der Waals surface area contributed by atoms with E-state index in [1.54, 1.807) is 21.1 Å². The number of hydrogen-bond donors (Lipinski definition) is 1. The monoisotopic (exact) mass is 708 g/mol. The molecule has 2 aliphatic rings. The minimum absolute atomic E-state index is 0.0325. The van der Waals surface area contributed by atoms with Gasteiger partial charge in [-0.05, 0) is 13.8 Å². The molecule has 0 radical (unpaired) electrons. The van der Waals surface area contributed by atoms with Crippen molar-refractivity contribution in [3.8, 4) is 5.75 Å². The van der Waals surface area contributed by atoms with E-state index < -0.39 is 83.1 Å². The molecular formula is C28H37F5O15. The standard InChI is InChI=1S/C12H7F5O5.C11H18O7.C5H12O3/c1-12(2-20-11(19)21-3-12)10(18)22-9-7(16)5(14)4(13)6(15)8(9)17;1-11(7-17-10(13)18-8-11)9(12)16-6-5-15-4-3-14-2;1-7-4-5-8-3-2-6/h2-3H2,1H3;3-8H2,1-2H3;6H,2-5H2,1H3. The maximum absolute atomic E-state index is 13.4. The van der Waals surface area contributed by atoms with Crippen molar-refractivity contribution in [3.63, 3.8) is 0 Å². The minimum Gasteiger partial charge on any atom is -0.463 e. The zero-order valence-corrected chi connectivity index (χ0v) is 26.5. The van der Waals surface area contributed by atoms with E-state index in [0.717, 1.165) is 6.92 Å². The third-order valence-electron chi connectivity index (χ3n) is 5.94. The maximum atomic E-state index is 13.4. The van der Waals surface area contributed by atoms with E-state index in [1.165, 1.54) is 0 Å². The summed E-state index contributed by atoms with van der Waals surface area (Å²) in [4.78, 5) is 45.0. The second-order valence-electron chi connectivity index (χ2n) is 10.1. The van der Waals surface area contributed by atoms with Gasteiger partial charge in [-0.15, -0.1) is 0 Å². The zero-order valence-electron chi connectivity index (χ0n) is 26.5. The van der Waals surface area contributed by atoms with E-state index in [9.17, 15) is 41.1 Å². The molecule has 20 heteroatoms. The Labute approximate surface area is 271 Å². The SMILES string of the molecule is CC1(C(=O)Oc2c(F)c(F)c(F)c(F)c2F)COC(=O)OC1.COCCOCCO.COCCOCCOC(=O)C1(C)COC(=O)OC1. The lowest BCUT2D eigenvalue weighted by Gasteiger charge is -2.29. The molecule has 3 rings (SSSR count). The smallest absolute Gasteiger partial charge is 0.463 e. The van der Waals surface area contributed by atoms with Gasteiger partial charge in [0.25, 0.3) is 0 Å². The highest BCUT2D eigenvalue weighted by atomic mass is 19.2. The normalized spacial score (nSPS) is 16.0. The molecule has 48 heavy (non-hydrogen) atoms. The molecule has 15 nitrogen and oxygen atoms in total. The van der Waals surface area contributed by atoms with Gasteiger partial charge in [0, 0.05) is 14.2 Å². The van der Waals surface area contributed by atoms with Crippen LogP contribution >= 0.6 is 0 Å². The number of carbonyl (C=O) groups excluding carboxylic acids is 4. The lowest BCUT2D eigenvalue weighted by molar-refractivity contribution is -0.167. The largest absolute Gasteiger partial charge is 0.508 e. The second-order valence-corrected chi connectivity index (χ2v) is 10.1. The van der Waals surface area contributed by atoms with Crippen LogP contribution in [0.3, 0.4) is 0 Å². The van der Waals surface area contributed by atoms with Gasteiger partial charge in [-0.1, -0.05) is 0 Å². The number of aliphatic hydroxyl groups is 1. The number of benzene rings is 1. The van der Waals surface area contributed by atoms with E-state index >= 15 is 0 Å². The Morgan fingerprint density at radius 1 is 0.625 bits per heavy atom. The summed E-state index contributed by atoms with van der Waals surface area (Å²) in [5.41, 5.74) is -2.60. The Bertz CT molecular complexity index is 1160. The van der Waals surface area contributed by atoms with Gasteiger partial charge in [0.15, 0.2) is 0 Å². The van der Waals surface area contributed by atoms with Gasteiger partial charge in [-0.25, -0.2) is 22.8 Å². The average Bonchev–Trinajstić information content (AvgIpc) is 3.08. The lowest BCUT2D eigenvalue weighted by Crippen LogP contribution is -2.45. The number of esters is 2. The van der Waals surface area contributed by atoms with Crippen molar-refractivity contribution in [2.75, 3.05) is 93.5 Å². The van der Waals surface area contributed by atoms with E-state index in [1.807, 2.05) is 0 Å². The van der Waals surface area contributed by atoms with Crippen LogP contribution in [0.25, 0.3) is 0 Å². The Balaban J connectivity index is 0.000000398. The predicted octanol–water partition coefficient (Wildman–Crippen LogP) is 2.47. The number of halogens is 5. The molecule has 1 aromatic carbocycles. The first-order valence-electron chi connectivity index (χ1n) is 13.9. The van der Waals surface area contributed by atoms with Crippen molar-refractivity contribution in [1.29, 1.82) is 0 Å². The molecule has 0 atom stereocenters. The molecule has 0 amide bonds. The summed E-state index contributed by atoms with van der Waals surface area (Å²) in [6.07, 6.45) is -1.83. The Morgan fingerprint density at radius 2 is 1.00 bits per heavy atom. The summed E-state index contributed by atoms with van der Waals surface area (Å²) in [5, 5.41) is 8.20. The maximum Gasteiger partial charge on any atom is 0.508 e. The highest BCUT2D eigenvalue weighted by Crippen LogP contribution is 2.32. The number of ether oxygens (including phenoxy) is 10. The fourth-order valence-electron chi connectivity index (χ4n) is 3.09. The molecule has 0 unspecified atom stereocenters. The Morgan fingerprint density at radius 3 is 1.42 bits per heavy atom. The Hall–Kier alpha value is -3.85. The van der Waals surface area contributed by atoms with E-state index in [0.29, 0.717) is 39.6 Å². The summed E-state index contributed by atoms with van der Waals surface area (Å²) in [5.74, 6) is -15.1. The number of carbonyl (C=O) groups is 4. The lowest BCUT2D eigenvalue weighted by atomic mass is 9.92. The van der Waals surface area contributed by atoms with Crippen LogP contribution in [0, 0.1) is 39.9 Å². The fraction of sp³-hybridized carbons (Fsp3) is 0.643. The third kappa shape index (κ3) is 13.3. The van der Waals surface area contributed by atoms with E-state index in [4.69, 9.17) is 24.1 Å². The molecule has 0 spiro atoms.